The SMILES string of the molecule is NC(=O)C1CCCN(Cc2ccccc2NC(=O)CCOCC(F)(F)F)C1. The van der Waals surface area contributed by atoms with Gasteiger partial charge in [-0.15, -0.1) is 0 Å². The Morgan fingerprint density at radius 3 is 2.74 bits per heavy atom. The summed E-state index contributed by atoms with van der Waals surface area (Å²) in [6, 6.07) is 7.21. The Morgan fingerprint density at radius 1 is 1.30 bits per heavy atom. The van der Waals surface area contributed by atoms with E-state index < -0.39 is 18.7 Å². The summed E-state index contributed by atoms with van der Waals surface area (Å²) in [4.78, 5) is 25.5. The smallest absolute Gasteiger partial charge is 0.372 e. The van der Waals surface area contributed by atoms with Crippen LogP contribution in [0.3, 0.4) is 0 Å². The molecule has 1 fully saturated rings. The monoisotopic (exact) mass is 387 g/mol. The molecule has 2 amide bonds. The molecular formula is C18H24F3N3O3. The van der Waals surface area contributed by atoms with Crippen LogP contribution >= 0.6 is 0 Å². The molecule has 2 rings (SSSR count). The summed E-state index contributed by atoms with van der Waals surface area (Å²) in [6.07, 6.45) is -2.92. The summed E-state index contributed by atoms with van der Waals surface area (Å²) in [5.41, 5.74) is 6.86. The highest BCUT2D eigenvalue weighted by Crippen LogP contribution is 2.22. The number of ether oxygens (including phenoxy) is 1. The van der Waals surface area contributed by atoms with Gasteiger partial charge in [0.2, 0.25) is 11.8 Å². The lowest BCUT2D eigenvalue weighted by atomic mass is 9.97. The molecule has 0 saturated carbocycles. The molecule has 3 N–H and O–H groups in total. The van der Waals surface area contributed by atoms with E-state index in [1.807, 2.05) is 12.1 Å². The van der Waals surface area contributed by atoms with Crippen LogP contribution < -0.4 is 11.1 Å². The van der Waals surface area contributed by atoms with Gasteiger partial charge in [-0.1, -0.05) is 18.2 Å². The van der Waals surface area contributed by atoms with E-state index >= 15 is 0 Å². The summed E-state index contributed by atoms with van der Waals surface area (Å²) >= 11 is 0. The van der Waals surface area contributed by atoms with Crippen molar-refractivity contribution < 1.29 is 27.5 Å². The molecule has 1 aliphatic heterocycles. The van der Waals surface area contributed by atoms with E-state index in [1.165, 1.54) is 0 Å². The molecule has 0 aliphatic carbocycles. The van der Waals surface area contributed by atoms with Crippen molar-refractivity contribution in [3.05, 3.63) is 29.8 Å². The van der Waals surface area contributed by atoms with Crippen molar-refractivity contribution in [2.45, 2.75) is 32.0 Å². The number of para-hydroxylation sites is 1. The maximum atomic E-state index is 12.0. The number of benzene rings is 1. The van der Waals surface area contributed by atoms with Gasteiger partial charge >= 0.3 is 6.18 Å². The normalized spacial score (nSPS) is 18.3. The fraction of sp³-hybridized carbons (Fsp3) is 0.556. The number of carbonyl (C=O) groups is 2. The van der Waals surface area contributed by atoms with Gasteiger partial charge in [-0.25, -0.2) is 0 Å². The molecule has 0 bridgehead atoms. The number of nitrogens with one attached hydrogen (secondary N) is 1. The molecular weight excluding hydrogens is 363 g/mol. The summed E-state index contributed by atoms with van der Waals surface area (Å²) in [7, 11) is 0. The molecule has 1 unspecified atom stereocenters. The summed E-state index contributed by atoms with van der Waals surface area (Å²) < 4.78 is 40.5. The molecule has 150 valence electrons. The van der Waals surface area contributed by atoms with Gasteiger partial charge in [0.25, 0.3) is 0 Å². The lowest BCUT2D eigenvalue weighted by Gasteiger charge is -2.31. The molecule has 1 saturated heterocycles. The molecule has 1 heterocycles. The molecule has 1 aliphatic rings. The number of piperidine rings is 1. The van der Waals surface area contributed by atoms with E-state index in [4.69, 9.17) is 5.73 Å². The third-order valence-electron chi connectivity index (χ3n) is 4.33. The van der Waals surface area contributed by atoms with Crippen LogP contribution in [-0.4, -0.2) is 49.2 Å². The number of alkyl halides is 3. The van der Waals surface area contributed by atoms with Crippen LogP contribution in [0.15, 0.2) is 24.3 Å². The van der Waals surface area contributed by atoms with Gasteiger partial charge in [0.1, 0.15) is 6.61 Å². The Bertz CT molecular complexity index is 652. The van der Waals surface area contributed by atoms with Crippen LogP contribution in [-0.2, 0) is 20.9 Å². The fourth-order valence-corrected chi connectivity index (χ4v) is 3.02. The van der Waals surface area contributed by atoms with Crippen molar-refractivity contribution in [1.82, 2.24) is 4.90 Å². The Hall–Kier alpha value is -2.13. The molecule has 0 radical (unpaired) electrons. The number of halogens is 3. The lowest BCUT2D eigenvalue weighted by molar-refractivity contribution is -0.174. The minimum absolute atomic E-state index is 0.169. The first-order valence-corrected chi connectivity index (χ1v) is 8.78. The minimum Gasteiger partial charge on any atom is -0.372 e. The Morgan fingerprint density at radius 2 is 2.04 bits per heavy atom. The standard InChI is InChI=1S/C18H24F3N3O3/c19-18(20,21)12-27-9-7-16(25)23-15-6-2-1-4-13(15)10-24-8-3-5-14(11-24)17(22)26/h1-2,4,6,14H,3,5,7-12H2,(H2,22,26)(H,23,25). The van der Waals surface area contributed by atoms with Crippen molar-refractivity contribution in [3.63, 3.8) is 0 Å². The van der Waals surface area contributed by atoms with Gasteiger partial charge < -0.3 is 15.8 Å². The number of carbonyl (C=O) groups excluding carboxylic acids is 2. The van der Waals surface area contributed by atoms with Crippen LogP contribution in [0.25, 0.3) is 0 Å². The average molecular weight is 387 g/mol. The average Bonchev–Trinajstić information content (AvgIpc) is 2.60. The molecule has 1 aromatic rings. The largest absolute Gasteiger partial charge is 0.411 e. The maximum Gasteiger partial charge on any atom is 0.411 e. The molecule has 1 aromatic carbocycles. The highest BCUT2D eigenvalue weighted by atomic mass is 19.4. The van der Waals surface area contributed by atoms with Crippen LogP contribution in [0.1, 0.15) is 24.8 Å². The molecule has 0 spiro atoms. The van der Waals surface area contributed by atoms with Gasteiger partial charge in [-0.2, -0.15) is 13.2 Å². The van der Waals surface area contributed by atoms with Gasteiger partial charge in [-0.05, 0) is 31.0 Å². The predicted molar refractivity (Wildman–Crippen MR) is 93.8 cm³/mol. The zero-order valence-electron chi connectivity index (χ0n) is 14.9. The van der Waals surface area contributed by atoms with E-state index in [0.717, 1.165) is 24.9 Å². The molecule has 1 atom stereocenters. The first-order chi connectivity index (χ1) is 12.7. The number of primary amides is 1. The zero-order valence-corrected chi connectivity index (χ0v) is 14.9. The molecule has 6 nitrogen and oxygen atoms in total. The zero-order chi connectivity index (χ0) is 19.9. The van der Waals surface area contributed by atoms with Crippen LogP contribution in [0, 0.1) is 5.92 Å². The second-order valence-electron chi connectivity index (χ2n) is 6.60. The number of amides is 2. The minimum atomic E-state index is -4.40. The number of likely N-dealkylation sites (tertiary alicyclic amines) is 1. The summed E-state index contributed by atoms with van der Waals surface area (Å²) in [6.45, 7) is 0.276. The second-order valence-corrected chi connectivity index (χ2v) is 6.60. The molecule has 9 heteroatoms. The third kappa shape index (κ3) is 7.56. The van der Waals surface area contributed by atoms with Gasteiger partial charge in [0.15, 0.2) is 0 Å². The summed E-state index contributed by atoms with van der Waals surface area (Å²) in [5, 5.41) is 2.71. The lowest BCUT2D eigenvalue weighted by Crippen LogP contribution is -2.40. The van der Waals surface area contributed by atoms with E-state index in [0.29, 0.717) is 18.8 Å². The number of nitrogens with two attached hydrogens (primary N) is 1. The fourth-order valence-electron chi connectivity index (χ4n) is 3.02. The van der Waals surface area contributed by atoms with Gasteiger partial charge in [0, 0.05) is 18.8 Å². The van der Waals surface area contributed by atoms with Crippen molar-refractivity contribution in [2.24, 2.45) is 11.7 Å². The van der Waals surface area contributed by atoms with Gasteiger partial charge in [-0.3, -0.25) is 14.5 Å². The number of anilines is 1. The molecule has 0 aromatic heterocycles. The van der Waals surface area contributed by atoms with E-state index in [2.05, 4.69) is 15.0 Å². The third-order valence-corrected chi connectivity index (χ3v) is 4.33. The van der Waals surface area contributed by atoms with Gasteiger partial charge in [0.05, 0.1) is 18.9 Å². The van der Waals surface area contributed by atoms with Crippen LogP contribution in [0.5, 0.6) is 0 Å². The summed E-state index contributed by atoms with van der Waals surface area (Å²) in [5.74, 6) is -0.898. The topological polar surface area (TPSA) is 84.7 Å². The number of hydrogen-bond acceptors (Lipinski definition) is 4. The Balaban J connectivity index is 1.87. The highest BCUT2D eigenvalue weighted by Gasteiger charge is 2.27. The predicted octanol–water partition coefficient (Wildman–Crippen LogP) is 2.29. The Kier molecular flexibility index (Phi) is 7.61. The van der Waals surface area contributed by atoms with E-state index in [9.17, 15) is 22.8 Å². The molecule has 27 heavy (non-hydrogen) atoms. The first-order valence-electron chi connectivity index (χ1n) is 8.78. The van der Waals surface area contributed by atoms with Crippen LogP contribution in [0.2, 0.25) is 0 Å². The maximum absolute atomic E-state index is 12.0. The van der Waals surface area contributed by atoms with Crippen LogP contribution in [0.4, 0.5) is 18.9 Å². The number of hydrogen-bond donors (Lipinski definition) is 2. The van der Waals surface area contributed by atoms with Crippen molar-refractivity contribution in [2.75, 3.05) is 31.6 Å². The number of rotatable bonds is 8. The first kappa shape index (κ1) is 21.2. The van der Waals surface area contributed by atoms with Crippen molar-refractivity contribution in [1.29, 1.82) is 0 Å². The highest BCUT2D eigenvalue weighted by molar-refractivity contribution is 5.91. The van der Waals surface area contributed by atoms with E-state index in [1.54, 1.807) is 12.1 Å². The number of nitrogens with zero attached hydrogens (tertiary/aromatic N) is 1. The second kappa shape index (κ2) is 9.70. The van der Waals surface area contributed by atoms with Crippen molar-refractivity contribution in [3.8, 4) is 0 Å². The van der Waals surface area contributed by atoms with Crippen molar-refractivity contribution >= 4 is 17.5 Å². The van der Waals surface area contributed by atoms with E-state index in [-0.39, 0.29) is 24.9 Å². The Labute approximate surface area is 155 Å². The quantitative estimate of drug-likeness (QED) is 0.671.